The van der Waals surface area contributed by atoms with Crippen LogP contribution in [0.5, 0.6) is 0 Å². The molecule has 6 nitrogen and oxygen atoms in total. The van der Waals surface area contributed by atoms with E-state index in [1.807, 2.05) is 0 Å². The number of anilines is 2. The predicted molar refractivity (Wildman–Crippen MR) is 66.7 cm³/mol. The molecule has 1 heterocycles. The van der Waals surface area contributed by atoms with Gasteiger partial charge in [-0.15, -0.1) is 5.10 Å². The zero-order valence-electron chi connectivity index (χ0n) is 8.91. The van der Waals surface area contributed by atoms with Gasteiger partial charge in [0.25, 0.3) is 10.0 Å². The fraction of sp³-hybridized carbons (Fsp3) is 0.111. The summed E-state index contributed by atoms with van der Waals surface area (Å²) in [7, 11) is -1.94. The van der Waals surface area contributed by atoms with Crippen LogP contribution in [0.25, 0.3) is 0 Å². The lowest BCUT2D eigenvalue weighted by molar-refractivity contribution is 0.601. The van der Waals surface area contributed by atoms with Crippen molar-refractivity contribution in [2.45, 2.75) is 4.90 Å². The van der Waals surface area contributed by atoms with Gasteiger partial charge in [-0.1, -0.05) is 16.6 Å². The number of rotatable bonds is 4. The minimum absolute atomic E-state index is 0.191. The second kappa shape index (κ2) is 4.68. The van der Waals surface area contributed by atoms with E-state index in [1.54, 1.807) is 25.2 Å². The fourth-order valence-corrected chi connectivity index (χ4v) is 3.21. The second-order valence-corrected chi connectivity index (χ2v) is 5.57. The average Bonchev–Trinajstić information content (AvgIpc) is 2.81. The first kappa shape index (κ1) is 11.8. The maximum Gasteiger partial charge on any atom is 0.264 e. The highest BCUT2D eigenvalue weighted by molar-refractivity contribution is 7.93. The van der Waals surface area contributed by atoms with Crippen molar-refractivity contribution < 1.29 is 8.42 Å². The van der Waals surface area contributed by atoms with Crippen LogP contribution < -0.4 is 10.0 Å². The van der Waals surface area contributed by atoms with Gasteiger partial charge in [0.2, 0.25) is 0 Å². The van der Waals surface area contributed by atoms with Crippen LogP contribution in [0.1, 0.15) is 0 Å². The van der Waals surface area contributed by atoms with Gasteiger partial charge in [-0.05, 0) is 12.1 Å². The van der Waals surface area contributed by atoms with Crippen LogP contribution in [0.4, 0.5) is 10.7 Å². The third-order valence-electron chi connectivity index (χ3n) is 2.04. The van der Waals surface area contributed by atoms with Gasteiger partial charge in [0.15, 0.2) is 0 Å². The van der Waals surface area contributed by atoms with E-state index in [4.69, 9.17) is 0 Å². The van der Waals surface area contributed by atoms with E-state index in [1.165, 1.54) is 12.3 Å². The van der Waals surface area contributed by atoms with E-state index in [2.05, 4.69) is 19.6 Å². The normalized spacial score (nSPS) is 11.1. The van der Waals surface area contributed by atoms with Crippen molar-refractivity contribution in [1.82, 2.24) is 9.59 Å². The Morgan fingerprint density at radius 1 is 1.29 bits per heavy atom. The summed E-state index contributed by atoms with van der Waals surface area (Å²) in [5.74, 6) is 0. The number of nitrogens with one attached hydrogen (secondary N) is 2. The Hall–Kier alpha value is -1.67. The Kier molecular flexibility index (Phi) is 3.25. The summed E-state index contributed by atoms with van der Waals surface area (Å²) < 4.78 is 30.2. The SMILES string of the molecule is CNc1ccccc1S(=O)(=O)Nc1cnns1. The van der Waals surface area contributed by atoms with Crippen molar-refractivity contribution in [3.8, 4) is 0 Å². The molecule has 17 heavy (non-hydrogen) atoms. The Balaban J connectivity index is 2.38. The predicted octanol–water partition coefficient (Wildman–Crippen LogP) is 1.38. The highest BCUT2D eigenvalue weighted by Gasteiger charge is 2.18. The number of benzene rings is 1. The van der Waals surface area contributed by atoms with Crippen molar-refractivity contribution in [2.24, 2.45) is 0 Å². The van der Waals surface area contributed by atoms with Gasteiger partial charge in [-0.2, -0.15) is 0 Å². The maximum absolute atomic E-state index is 12.1. The molecule has 1 aromatic heterocycles. The van der Waals surface area contributed by atoms with Crippen molar-refractivity contribution in [1.29, 1.82) is 0 Å². The van der Waals surface area contributed by atoms with E-state index in [0.29, 0.717) is 10.7 Å². The number of hydrogen-bond donors (Lipinski definition) is 2. The molecule has 0 spiro atoms. The quantitative estimate of drug-likeness (QED) is 0.877. The molecule has 0 atom stereocenters. The molecule has 0 unspecified atom stereocenters. The summed E-state index contributed by atoms with van der Waals surface area (Å²) in [6.07, 6.45) is 1.37. The first-order valence-corrected chi connectivity index (χ1v) is 6.96. The second-order valence-electron chi connectivity index (χ2n) is 3.13. The van der Waals surface area contributed by atoms with E-state index < -0.39 is 10.0 Å². The number of nitrogens with zero attached hydrogens (tertiary/aromatic N) is 2. The summed E-state index contributed by atoms with van der Waals surface area (Å²) in [6.45, 7) is 0. The van der Waals surface area contributed by atoms with E-state index in [9.17, 15) is 8.42 Å². The molecule has 0 saturated heterocycles. The van der Waals surface area contributed by atoms with Crippen LogP contribution in [-0.2, 0) is 10.0 Å². The smallest absolute Gasteiger partial charge is 0.264 e. The monoisotopic (exact) mass is 270 g/mol. The first-order valence-electron chi connectivity index (χ1n) is 4.70. The molecule has 0 aliphatic carbocycles. The lowest BCUT2D eigenvalue weighted by atomic mass is 10.3. The van der Waals surface area contributed by atoms with Crippen molar-refractivity contribution in [3.63, 3.8) is 0 Å². The molecule has 2 rings (SSSR count). The third-order valence-corrected chi connectivity index (χ3v) is 4.18. The first-order chi connectivity index (χ1) is 8.13. The zero-order valence-corrected chi connectivity index (χ0v) is 10.5. The molecule has 0 radical (unpaired) electrons. The summed E-state index contributed by atoms with van der Waals surface area (Å²) in [4.78, 5) is 0.191. The Morgan fingerprint density at radius 3 is 2.71 bits per heavy atom. The van der Waals surface area contributed by atoms with Gasteiger partial charge >= 0.3 is 0 Å². The lowest BCUT2D eigenvalue weighted by Gasteiger charge is -2.09. The summed E-state index contributed by atoms with van der Waals surface area (Å²) in [6, 6.07) is 6.65. The van der Waals surface area contributed by atoms with Crippen LogP contribution in [0.2, 0.25) is 0 Å². The highest BCUT2D eigenvalue weighted by atomic mass is 32.2. The molecule has 0 bridgehead atoms. The molecule has 0 aliphatic heterocycles. The van der Waals surface area contributed by atoms with Crippen molar-refractivity contribution >= 4 is 32.2 Å². The van der Waals surface area contributed by atoms with E-state index in [0.717, 1.165) is 11.5 Å². The topological polar surface area (TPSA) is 84.0 Å². The number of sulfonamides is 1. The molecule has 2 N–H and O–H groups in total. The van der Waals surface area contributed by atoms with Crippen molar-refractivity contribution in [3.05, 3.63) is 30.5 Å². The molecule has 0 saturated carbocycles. The fourth-order valence-electron chi connectivity index (χ4n) is 1.31. The molecule has 0 aliphatic rings. The van der Waals surface area contributed by atoms with Gasteiger partial charge < -0.3 is 5.32 Å². The number of para-hydroxylation sites is 1. The third kappa shape index (κ3) is 2.53. The van der Waals surface area contributed by atoms with Gasteiger partial charge in [0.05, 0.1) is 11.9 Å². The Morgan fingerprint density at radius 2 is 2.06 bits per heavy atom. The van der Waals surface area contributed by atoms with E-state index in [-0.39, 0.29) is 4.90 Å². The molecule has 1 aromatic carbocycles. The number of hydrogen-bond acceptors (Lipinski definition) is 6. The van der Waals surface area contributed by atoms with Gasteiger partial charge in [0.1, 0.15) is 9.90 Å². The molecule has 2 aromatic rings. The summed E-state index contributed by atoms with van der Waals surface area (Å²) in [5, 5.41) is 6.79. The lowest BCUT2D eigenvalue weighted by Crippen LogP contribution is -2.13. The average molecular weight is 270 g/mol. The Labute approximate surface area is 103 Å². The molecule has 90 valence electrons. The van der Waals surface area contributed by atoms with Gasteiger partial charge in [0, 0.05) is 18.6 Å². The summed E-state index contributed by atoms with van der Waals surface area (Å²) >= 11 is 0.986. The number of aromatic nitrogens is 2. The minimum Gasteiger partial charge on any atom is -0.387 e. The molecule has 0 fully saturated rings. The minimum atomic E-state index is -3.61. The highest BCUT2D eigenvalue weighted by Crippen LogP contribution is 2.23. The zero-order chi connectivity index (χ0) is 12.3. The largest absolute Gasteiger partial charge is 0.387 e. The standard InChI is InChI=1S/C9H10N4O2S2/c1-10-7-4-2-3-5-8(7)17(14,15)12-9-6-11-13-16-9/h2-6,10,12H,1H3. The molecular weight excluding hydrogens is 260 g/mol. The molecule has 0 amide bonds. The molecule has 8 heteroatoms. The van der Waals surface area contributed by atoms with Crippen LogP contribution >= 0.6 is 11.5 Å². The van der Waals surface area contributed by atoms with Gasteiger partial charge in [-0.3, -0.25) is 4.72 Å². The summed E-state index contributed by atoms with van der Waals surface area (Å²) in [5.41, 5.74) is 0.539. The van der Waals surface area contributed by atoms with E-state index >= 15 is 0 Å². The Bertz CT molecular complexity index is 595. The van der Waals surface area contributed by atoms with Crippen molar-refractivity contribution in [2.75, 3.05) is 17.1 Å². The van der Waals surface area contributed by atoms with Crippen LogP contribution in [0.3, 0.4) is 0 Å². The van der Waals surface area contributed by atoms with Crippen LogP contribution in [0, 0.1) is 0 Å². The molecular formula is C9H10N4O2S2. The van der Waals surface area contributed by atoms with Crippen LogP contribution in [0.15, 0.2) is 35.4 Å². The van der Waals surface area contributed by atoms with Crippen LogP contribution in [-0.4, -0.2) is 25.1 Å². The van der Waals surface area contributed by atoms with Gasteiger partial charge in [-0.25, -0.2) is 8.42 Å². The maximum atomic E-state index is 12.1.